The molecule has 0 aliphatic carbocycles. The van der Waals surface area contributed by atoms with Gasteiger partial charge >= 0.3 is 6.18 Å². The molecule has 0 fully saturated rings. The molecule has 0 radical (unpaired) electrons. The highest BCUT2D eigenvalue weighted by Gasteiger charge is 2.35. The number of aryl methyl sites for hydroxylation is 3. The minimum absolute atomic E-state index is 0.192. The van der Waals surface area contributed by atoms with E-state index < -0.39 is 17.8 Å². The van der Waals surface area contributed by atoms with Gasteiger partial charge in [-0.05, 0) is 49.2 Å². The molecule has 3 rings (SSSR count). The summed E-state index contributed by atoms with van der Waals surface area (Å²) in [6, 6.07) is 9.06. The molecule has 0 bridgehead atoms. The normalized spacial score (nSPS) is 11.6. The summed E-state index contributed by atoms with van der Waals surface area (Å²) in [4.78, 5) is 13.1. The van der Waals surface area contributed by atoms with Crippen LogP contribution in [0, 0.1) is 13.8 Å². The van der Waals surface area contributed by atoms with Crippen LogP contribution in [0.4, 0.5) is 18.9 Å². The van der Waals surface area contributed by atoms with Crippen LogP contribution in [-0.4, -0.2) is 15.7 Å². The zero-order valence-corrected chi connectivity index (χ0v) is 17.2. The van der Waals surface area contributed by atoms with Crippen molar-refractivity contribution in [3.63, 3.8) is 0 Å². The van der Waals surface area contributed by atoms with Gasteiger partial charge in [0.25, 0.3) is 5.91 Å². The number of amides is 1. The van der Waals surface area contributed by atoms with Gasteiger partial charge in [0.15, 0.2) is 5.69 Å². The molecule has 1 N–H and O–H groups in total. The molecule has 0 spiro atoms. The fourth-order valence-electron chi connectivity index (χ4n) is 3.04. The van der Waals surface area contributed by atoms with Crippen molar-refractivity contribution in [3.05, 3.63) is 68.8 Å². The van der Waals surface area contributed by atoms with Crippen molar-refractivity contribution in [2.75, 3.05) is 5.32 Å². The van der Waals surface area contributed by atoms with Crippen LogP contribution in [0.15, 0.2) is 36.4 Å². The Labute approximate surface area is 175 Å². The Morgan fingerprint density at radius 2 is 1.69 bits per heavy atom. The molecule has 0 atom stereocenters. The van der Waals surface area contributed by atoms with Crippen molar-refractivity contribution >= 4 is 34.8 Å². The lowest BCUT2D eigenvalue weighted by atomic mass is 9.94. The molecule has 2 aromatic carbocycles. The number of hydrogen-bond acceptors (Lipinski definition) is 2. The number of anilines is 1. The standard InChI is InChI=1S/C20H16Cl2F3N3O/c1-10-4-5-11(2)18(19(29)26-12-6-7-13(21)14(22)8-12)17(10)15-9-16(20(23,24)25)27-28(15)3/h4-9H,1-3H3,(H,26,29). The van der Waals surface area contributed by atoms with Crippen LogP contribution in [0.1, 0.15) is 27.2 Å². The van der Waals surface area contributed by atoms with E-state index in [4.69, 9.17) is 23.2 Å². The third-order valence-electron chi connectivity index (χ3n) is 4.45. The molecule has 0 saturated carbocycles. The number of aromatic nitrogens is 2. The number of nitrogens with zero attached hydrogens (tertiary/aromatic N) is 2. The summed E-state index contributed by atoms with van der Waals surface area (Å²) in [5.74, 6) is -0.477. The van der Waals surface area contributed by atoms with Gasteiger partial charge in [0, 0.05) is 18.3 Å². The minimum Gasteiger partial charge on any atom is -0.322 e. The minimum atomic E-state index is -4.59. The van der Waals surface area contributed by atoms with Crippen LogP contribution in [0.5, 0.6) is 0 Å². The Balaban J connectivity index is 2.11. The van der Waals surface area contributed by atoms with E-state index in [0.717, 1.165) is 10.7 Å². The molecule has 0 aliphatic heterocycles. The van der Waals surface area contributed by atoms with E-state index in [0.29, 0.717) is 27.4 Å². The molecule has 0 aliphatic rings. The summed E-state index contributed by atoms with van der Waals surface area (Å²) in [7, 11) is 1.41. The summed E-state index contributed by atoms with van der Waals surface area (Å²) in [6.07, 6.45) is -4.59. The number of halogens is 5. The van der Waals surface area contributed by atoms with E-state index in [9.17, 15) is 18.0 Å². The van der Waals surface area contributed by atoms with Crippen LogP contribution >= 0.6 is 23.2 Å². The Kier molecular flexibility index (Phi) is 5.65. The summed E-state index contributed by atoms with van der Waals surface area (Å²) in [5, 5.41) is 6.90. The first kappa shape index (κ1) is 21.2. The number of hydrogen-bond donors (Lipinski definition) is 1. The van der Waals surface area contributed by atoms with Gasteiger partial charge in [0.2, 0.25) is 0 Å². The molecule has 1 amide bonds. The summed E-state index contributed by atoms with van der Waals surface area (Å²) < 4.78 is 40.5. The van der Waals surface area contributed by atoms with Crippen molar-refractivity contribution in [3.8, 4) is 11.3 Å². The second kappa shape index (κ2) is 7.72. The van der Waals surface area contributed by atoms with Crippen molar-refractivity contribution in [1.82, 2.24) is 9.78 Å². The summed E-state index contributed by atoms with van der Waals surface area (Å²) in [6.45, 7) is 3.44. The average Bonchev–Trinajstić information content (AvgIpc) is 3.01. The van der Waals surface area contributed by atoms with Gasteiger partial charge < -0.3 is 5.32 Å². The van der Waals surface area contributed by atoms with Crippen molar-refractivity contribution in [2.45, 2.75) is 20.0 Å². The molecule has 152 valence electrons. The first-order valence-corrected chi connectivity index (χ1v) is 9.23. The lowest BCUT2D eigenvalue weighted by Crippen LogP contribution is -2.16. The van der Waals surface area contributed by atoms with E-state index >= 15 is 0 Å². The number of carbonyl (C=O) groups excluding carboxylic acids is 1. The van der Waals surface area contributed by atoms with E-state index in [1.165, 1.54) is 13.1 Å². The molecule has 0 unspecified atom stereocenters. The number of alkyl halides is 3. The Bertz CT molecular complexity index is 1110. The van der Waals surface area contributed by atoms with Gasteiger partial charge in [-0.3, -0.25) is 9.48 Å². The molecule has 1 aromatic heterocycles. The summed E-state index contributed by atoms with van der Waals surface area (Å²) >= 11 is 11.9. The third kappa shape index (κ3) is 4.26. The largest absolute Gasteiger partial charge is 0.435 e. The highest BCUT2D eigenvalue weighted by molar-refractivity contribution is 6.42. The van der Waals surface area contributed by atoms with Crippen LogP contribution in [0.3, 0.4) is 0 Å². The van der Waals surface area contributed by atoms with Gasteiger partial charge in [-0.1, -0.05) is 35.3 Å². The van der Waals surface area contributed by atoms with Gasteiger partial charge in [0.05, 0.1) is 21.3 Å². The fourth-order valence-corrected chi connectivity index (χ4v) is 3.34. The SMILES string of the molecule is Cc1ccc(C)c(-c2cc(C(F)(F)F)nn2C)c1C(=O)Nc1ccc(Cl)c(Cl)c1. The molecule has 1 heterocycles. The zero-order valence-electron chi connectivity index (χ0n) is 15.7. The van der Waals surface area contributed by atoms with Crippen LogP contribution in [-0.2, 0) is 13.2 Å². The summed E-state index contributed by atoms with van der Waals surface area (Å²) in [5.41, 5.74) is 1.48. The van der Waals surface area contributed by atoms with E-state index in [2.05, 4.69) is 10.4 Å². The number of carbonyl (C=O) groups is 1. The number of benzene rings is 2. The Morgan fingerprint density at radius 1 is 1.03 bits per heavy atom. The smallest absolute Gasteiger partial charge is 0.322 e. The van der Waals surface area contributed by atoms with E-state index in [1.54, 1.807) is 38.1 Å². The second-order valence-electron chi connectivity index (χ2n) is 6.57. The average molecular weight is 442 g/mol. The Morgan fingerprint density at radius 3 is 2.28 bits per heavy atom. The maximum Gasteiger partial charge on any atom is 0.435 e. The van der Waals surface area contributed by atoms with Gasteiger partial charge in [-0.25, -0.2) is 0 Å². The molecule has 4 nitrogen and oxygen atoms in total. The monoisotopic (exact) mass is 441 g/mol. The second-order valence-corrected chi connectivity index (χ2v) is 7.38. The first-order chi connectivity index (χ1) is 13.5. The number of rotatable bonds is 3. The lowest BCUT2D eigenvalue weighted by molar-refractivity contribution is -0.141. The highest BCUT2D eigenvalue weighted by atomic mass is 35.5. The van der Waals surface area contributed by atoms with Gasteiger partial charge in [-0.2, -0.15) is 18.3 Å². The fraction of sp³-hybridized carbons (Fsp3) is 0.200. The quantitative estimate of drug-likeness (QED) is 0.519. The molecule has 3 aromatic rings. The van der Waals surface area contributed by atoms with Crippen molar-refractivity contribution in [2.24, 2.45) is 7.05 Å². The van der Waals surface area contributed by atoms with Crippen LogP contribution < -0.4 is 5.32 Å². The molecule has 9 heteroatoms. The highest BCUT2D eigenvalue weighted by Crippen LogP contribution is 2.35. The molecular weight excluding hydrogens is 426 g/mol. The number of nitrogens with one attached hydrogen (secondary N) is 1. The predicted octanol–water partition coefficient (Wildman–Crippen LogP) is 6.28. The zero-order chi connectivity index (χ0) is 21.5. The van der Waals surface area contributed by atoms with Crippen molar-refractivity contribution < 1.29 is 18.0 Å². The van der Waals surface area contributed by atoms with Crippen LogP contribution in [0.2, 0.25) is 10.0 Å². The van der Waals surface area contributed by atoms with Gasteiger partial charge in [0.1, 0.15) is 0 Å². The lowest BCUT2D eigenvalue weighted by Gasteiger charge is -2.16. The topological polar surface area (TPSA) is 46.9 Å². The van der Waals surface area contributed by atoms with E-state index in [1.807, 2.05) is 0 Å². The molecule has 29 heavy (non-hydrogen) atoms. The van der Waals surface area contributed by atoms with Gasteiger partial charge in [-0.15, -0.1) is 0 Å². The van der Waals surface area contributed by atoms with Crippen LogP contribution in [0.25, 0.3) is 11.3 Å². The van der Waals surface area contributed by atoms with Crippen molar-refractivity contribution in [1.29, 1.82) is 0 Å². The Hall–Kier alpha value is -2.51. The third-order valence-corrected chi connectivity index (χ3v) is 5.19. The molecule has 0 saturated heterocycles. The maximum atomic E-state index is 13.1. The maximum absolute atomic E-state index is 13.1. The van der Waals surface area contributed by atoms with E-state index in [-0.39, 0.29) is 16.3 Å². The molecular formula is C20H16Cl2F3N3O. The first-order valence-electron chi connectivity index (χ1n) is 8.47. The predicted molar refractivity (Wildman–Crippen MR) is 108 cm³/mol.